The maximum Gasteiger partial charge on any atom is 0.434 e. The van der Waals surface area contributed by atoms with Crippen LogP contribution >= 0.6 is 0 Å². The third kappa shape index (κ3) is 5.07. The average molecular weight is 564 g/mol. The van der Waals surface area contributed by atoms with E-state index in [-0.39, 0.29) is 11.9 Å². The van der Waals surface area contributed by atoms with Gasteiger partial charge >= 0.3 is 6.18 Å². The molecule has 0 atom stereocenters. The summed E-state index contributed by atoms with van der Waals surface area (Å²) in [5.41, 5.74) is 2.36. The van der Waals surface area contributed by atoms with Gasteiger partial charge in [-0.3, -0.25) is 0 Å². The Kier molecular flexibility index (Phi) is 6.28. The number of alkyl halides is 3. The summed E-state index contributed by atoms with van der Waals surface area (Å²) in [5.74, 6) is 2.93. The van der Waals surface area contributed by atoms with Crippen molar-refractivity contribution in [2.45, 2.75) is 56.8 Å². The minimum absolute atomic E-state index is 0.155. The van der Waals surface area contributed by atoms with Crippen LogP contribution in [0.5, 0.6) is 11.6 Å². The Balaban J connectivity index is 1.17. The Bertz CT molecular complexity index is 1580. The van der Waals surface area contributed by atoms with Crippen LogP contribution in [0.2, 0.25) is 0 Å². The van der Waals surface area contributed by atoms with Crippen molar-refractivity contribution in [1.82, 2.24) is 29.5 Å². The first-order valence-corrected chi connectivity index (χ1v) is 13.8. The first-order valence-electron chi connectivity index (χ1n) is 13.8. The smallest absolute Gasteiger partial charge is 0.434 e. The highest BCUT2D eigenvalue weighted by Crippen LogP contribution is 2.46. The average Bonchev–Trinajstić information content (AvgIpc) is 3.71. The third-order valence-corrected chi connectivity index (χ3v) is 7.77. The summed E-state index contributed by atoms with van der Waals surface area (Å²) in [4.78, 5) is 24.6. The molecule has 0 saturated heterocycles. The van der Waals surface area contributed by atoms with Crippen molar-refractivity contribution in [1.29, 1.82) is 0 Å². The van der Waals surface area contributed by atoms with Crippen molar-refractivity contribution in [2.24, 2.45) is 7.05 Å². The minimum Gasteiger partial charge on any atom is -0.486 e. The molecule has 212 valence electrons. The lowest BCUT2D eigenvalue weighted by Gasteiger charge is -2.30. The SMILES string of the molecule is Cn1cc(C(F)(F)F)nc1-c1ccc(CN2CCOc3cnc(-c4c(OC5CCC5)ncnc4C4CC4)nc32)cc1. The first-order chi connectivity index (χ1) is 19.8. The molecular weight excluding hydrogens is 535 g/mol. The lowest BCUT2D eigenvalue weighted by atomic mass is 9.96. The van der Waals surface area contributed by atoms with Crippen LogP contribution in [0, 0.1) is 0 Å². The number of aromatic nitrogens is 6. The van der Waals surface area contributed by atoms with E-state index in [0.29, 0.717) is 54.4 Å². The highest BCUT2D eigenvalue weighted by atomic mass is 19.4. The molecule has 0 radical (unpaired) electrons. The molecular formula is C29H28F3N7O2. The normalized spacial score (nSPS) is 17.1. The summed E-state index contributed by atoms with van der Waals surface area (Å²) >= 11 is 0. The molecule has 4 heterocycles. The van der Waals surface area contributed by atoms with Crippen LogP contribution in [-0.2, 0) is 19.8 Å². The molecule has 12 heteroatoms. The van der Waals surface area contributed by atoms with Gasteiger partial charge in [-0.25, -0.2) is 24.9 Å². The molecule has 2 saturated carbocycles. The summed E-state index contributed by atoms with van der Waals surface area (Å²) in [6, 6.07) is 7.38. The summed E-state index contributed by atoms with van der Waals surface area (Å²) in [6.45, 7) is 1.64. The highest BCUT2D eigenvalue weighted by Gasteiger charge is 2.35. The Morgan fingerprint density at radius 3 is 2.51 bits per heavy atom. The second-order valence-electron chi connectivity index (χ2n) is 10.8. The quantitative estimate of drug-likeness (QED) is 0.289. The van der Waals surface area contributed by atoms with Crippen molar-refractivity contribution >= 4 is 5.82 Å². The molecule has 0 N–H and O–H groups in total. The van der Waals surface area contributed by atoms with Crippen molar-refractivity contribution in [3.8, 4) is 34.4 Å². The molecule has 4 aromatic rings. The molecule has 1 aliphatic heterocycles. The molecule has 0 bridgehead atoms. The van der Waals surface area contributed by atoms with E-state index in [1.165, 1.54) is 4.57 Å². The van der Waals surface area contributed by atoms with E-state index in [1.54, 1.807) is 31.7 Å². The van der Waals surface area contributed by atoms with Crippen LogP contribution in [-0.4, -0.2) is 48.7 Å². The molecule has 0 spiro atoms. The van der Waals surface area contributed by atoms with Gasteiger partial charge in [0.15, 0.2) is 23.1 Å². The number of halogens is 3. The van der Waals surface area contributed by atoms with Crippen molar-refractivity contribution in [2.75, 3.05) is 18.1 Å². The van der Waals surface area contributed by atoms with Crippen LogP contribution in [0.15, 0.2) is 43.0 Å². The second-order valence-corrected chi connectivity index (χ2v) is 10.8. The van der Waals surface area contributed by atoms with Crippen LogP contribution in [0.25, 0.3) is 22.8 Å². The summed E-state index contributed by atoms with van der Waals surface area (Å²) in [5, 5.41) is 0. The lowest BCUT2D eigenvalue weighted by molar-refractivity contribution is -0.140. The predicted molar refractivity (Wildman–Crippen MR) is 143 cm³/mol. The van der Waals surface area contributed by atoms with Gasteiger partial charge in [-0.05, 0) is 37.7 Å². The summed E-state index contributed by atoms with van der Waals surface area (Å²) < 4.78 is 52.9. The Morgan fingerprint density at radius 1 is 1.02 bits per heavy atom. The molecule has 3 aliphatic rings. The van der Waals surface area contributed by atoms with Gasteiger partial charge in [0, 0.05) is 31.3 Å². The maximum atomic E-state index is 13.1. The summed E-state index contributed by atoms with van der Waals surface area (Å²) in [7, 11) is 1.56. The van der Waals surface area contributed by atoms with E-state index >= 15 is 0 Å². The number of hydrogen-bond acceptors (Lipinski definition) is 8. The zero-order valence-corrected chi connectivity index (χ0v) is 22.4. The van der Waals surface area contributed by atoms with Gasteiger partial charge in [0.1, 0.15) is 30.4 Å². The van der Waals surface area contributed by atoms with E-state index in [2.05, 4.69) is 24.8 Å². The van der Waals surface area contributed by atoms with Crippen LogP contribution in [0.3, 0.4) is 0 Å². The zero-order chi connectivity index (χ0) is 28.1. The first kappa shape index (κ1) is 25.7. The van der Waals surface area contributed by atoms with E-state index < -0.39 is 11.9 Å². The number of imidazole rings is 1. The second kappa shape index (κ2) is 10.0. The molecule has 41 heavy (non-hydrogen) atoms. The van der Waals surface area contributed by atoms with Gasteiger partial charge in [0.05, 0.1) is 18.4 Å². The predicted octanol–water partition coefficient (Wildman–Crippen LogP) is 5.56. The van der Waals surface area contributed by atoms with Crippen LogP contribution in [0.1, 0.15) is 55.0 Å². The fraction of sp³-hybridized carbons (Fsp3) is 0.414. The largest absolute Gasteiger partial charge is 0.486 e. The Morgan fingerprint density at radius 2 is 1.83 bits per heavy atom. The summed E-state index contributed by atoms with van der Waals surface area (Å²) in [6.07, 6.45) is 5.24. The van der Waals surface area contributed by atoms with E-state index in [4.69, 9.17) is 14.5 Å². The molecule has 2 aliphatic carbocycles. The number of nitrogens with zero attached hydrogens (tertiary/aromatic N) is 7. The maximum absolute atomic E-state index is 13.1. The topological polar surface area (TPSA) is 91.1 Å². The number of anilines is 1. The minimum atomic E-state index is -4.49. The van der Waals surface area contributed by atoms with Gasteiger partial charge in [0.25, 0.3) is 0 Å². The monoisotopic (exact) mass is 563 g/mol. The van der Waals surface area contributed by atoms with E-state index in [9.17, 15) is 13.2 Å². The number of ether oxygens (including phenoxy) is 2. The zero-order valence-electron chi connectivity index (χ0n) is 22.4. The van der Waals surface area contributed by atoms with Crippen LogP contribution < -0.4 is 14.4 Å². The number of hydrogen-bond donors (Lipinski definition) is 0. The van der Waals surface area contributed by atoms with E-state index in [0.717, 1.165) is 55.1 Å². The number of rotatable bonds is 7. The lowest BCUT2D eigenvalue weighted by Crippen LogP contribution is -2.33. The molecule has 0 unspecified atom stereocenters. The van der Waals surface area contributed by atoms with Crippen molar-refractivity contribution < 1.29 is 22.6 Å². The fourth-order valence-corrected chi connectivity index (χ4v) is 5.18. The van der Waals surface area contributed by atoms with Crippen molar-refractivity contribution in [3.05, 3.63) is 59.9 Å². The highest BCUT2D eigenvalue weighted by molar-refractivity contribution is 5.69. The molecule has 0 amide bonds. The number of benzene rings is 1. The van der Waals surface area contributed by atoms with Gasteiger partial charge in [-0.1, -0.05) is 24.3 Å². The Hall–Kier alpha value is -4.22. The third-order valence-electron chi connectivity index (χ3n) is 7.77. The molecule has 9 nitrogen and oxygen atoms in total. The van der Waals surface area contributed by atoms with Gasteiger partial charge in [-0.2, -0.15) is 13.2 Å². The van der Waals surface area contributed by atoms with Gasteiger partial charge in [0.2, 0.25) is 5.88 Å². The Labute approximate surface area is 234 Å². The van der Waals surface area contributed by atoms with Gasteiger partial charge < -0.3 is 18.9 Å². The number of fused-ring (bicyclic) bond motifs is 1. The number of aryl methyl sites for hydroxylation is 1. The van der Waals surface area contributed by atoms with Crippen LogP contribution in [0.4, 0.5) is 19.0 Å². The standard InChI is InChI=1S/C29H28F3N7O2/c1-38-15-22(29(30,31)32)36-26(38)19-7-5-17(6-8-19)14-39-11-12-40-21-13-33-25(37-27(21)39)23-24(18-9-10-18)34-16-35-28(23)41-20-3-2-4-20/h5-8,13,15-16,18,20H,2-4,9-12,14H2,1H3. The fourth-order valence-electron chi connectivity index (χ4n) is 5.18. The van der Waals surface area contributed by atoms with E-state index in [1.807, 2.05) is 12.1 Å². The molecule has 7 rings (SSSR count). The van der Waals surface area contributed by atoms with Gasteiger partial charge in [-0.15, -0.1) is 0 Å². The molecule has 1 aromatic carbocycles. The van der Waals surface area contributed by atoms with Crippen molar-refractivity contribution in [3.63, 3.8) is 0 Å². The molecule has 2 fully saturated rings. The molecule has 3 aromatic heterocycles.